The fourth-order valence-corrected chi connectivity index (χ4v) is 3.43. The van der Waals surface area contributed by atoms with Gasteiger partial charge < -0.3 is 5.11 Å². The highest BCUT2D eigenvalue weighted by molar-refractivity contribution is 7.99. The van der Waals surface area contributed by atoms with Crippen molar-refractivity contribution in [2.24, 2.45) is 0 Å². The van der Waals surface area contributed by atoms with E-state index in [1.54, 1.807) is 28.7 Å². The Morgan fingerprint density at radius 2 is 2.26 bits per heavy atom. The number of aromatic nitrogens is 5. The topological polar surface area (TPSA) is 70.0 Å². The number of hydrogen-bond acceptors (Lipinski definition) is 5. The van der Waals surface area contributed by atoms with Crippen molar-refractivity contribution in [3.8, 4) is 5.88 Å². The van der Waals surface area contributed by atoms with Crippen molar-refractivity contribution >= 4 is 28.2 Å². The molecule has 0 aliphatic carbocycles. The third-order valence-electron chi connectivity index (χ3n) is 3.30. The quantitative estimate of drug-likeness (QED) is 0.559. The molecule has 0 saturated heterocycles. The SMILES string of the molecule is [O-]c1nn2c3[n+](nc2c2ccncc12)CCCCS3. The van der Waals surface area contributed by atoms with Crippen LogP contribution in [0.1, 0.15) is 12.8 Å². The first-order chi connectivity index (χ1) is 9.34. The summed E-state index contributed by atoms with van der Waals surface area (Å²) in [6.45, 7) is 0.881. The fourth-order valence-electron chi connectivity index (χ4n) is 2.37. The minimum atomic E-state index is -0.249. The standard InChI is InChI=1S/C12H11N5OS/c18-11-9-7-13-4-3-8(9)10-14-16-5-1-2-6-19-12(16)17(10)15-11/h3-4,7H,1-2,5-6H2. The van der Waals surface area contributed by atoms with E-state index in [0.717, 1.165) is 41.3 Å². The average molecular weight is 273 g/mol. The number of nitrogens with zero attached hydrogens (tertiary/aromatic N) is 5. The van der Waals surface area contributed by atoms with Gasteiger partial charge in [0.25, 0.3) is 5.65 Å². The monoisotopic (exact) mass is 273 g/mol. The fraction of sp³-hybridized carbons (Fsp3) is 0.333. The van der Waals surface area contributed by atoms with Crippen molar-refractivity contribution in [1.82, 2.24) is 19.7 Å². The largest absolute Gasteiger partial charge is 0.856 e. The summed E-state index contributed by atoms with van der Waals surface area (Å²) in [7, 11) is 0. The molecule has 19 heavy (non-hydrogen) atoms. The summed E-state index contributed by atoms with van der Waals surface area (Å²) in [5, 5.41) is 23.1. The molecule has 0 spiro atoms. The van der Waals surface area contributed by atoms with E-state index in [1.165, 1.54) is 0 Å². The van der Waals surface area contributed by atoms with Crippen molar-refractivity contribution in [3.63, 3.8) is 0 Å². The molecule has 7 heteroatoms. The average Bonchev–Trinajstić information content (AvgIpc) is 2.63. The maximum absolute atomic E-state index is 12.0. The van der Waals surface area contributed by atoms with Crippen LogP contribution in [0.2, 0.25) is 0 Å². The summed E-state index contributed by atoms with van der Waals surface area (Å²) >= 11 is 1.71. The van der Waals surface area contributed by atoms with Crippen molar-refractivity contribution < 1.29 is 9.79 Å². The molecule has 3 aromatic heterocycles. The van der Waals surface area contributed by atoms with Crippen LogP contribution < -0.4 is 9.79 Å². The van der Waals surface area contributed by atoms with Crippen molar-refractivity contribution in [3.05, 3.63) is 18.5 Å². The van der Waals surface area contributed by atoms with Crippen LogP contribution in [0, 0.1) is 0 Å². The minimum absolute atomic E-state index is 0.249. The number of pyridine rings is 1. The first kappa shape index (κ1) is 11.0. The number of rotatable bonds is 0. The van der Waals surface area contributed by atoms with Crippen LogP contribution in [-0.2, 0) is 6.54 Å². The van der Waals surface area contributed by atoms with Gasteiger partial charge in [-0.1, -0.05) is 9.61 Å². The van der Waals surface area contributed by atoms with Crippen molar-refractivity contribution in [2.45, 2.75) is 24.5 Å². The second kappa shape index (κ2) is 4.06. The molecule has 96 valence electrons. The Hall–Kier alpha value is -1.89. The summed E-state index contributed by atoms with van der Waals surface area (Å²) in [6, 6.07) is 1.82. The molecule has 6 nitrogen and oxygen atoms in total. The van der Waals surface area contributed by atoms with E-state index >= 15 is 0 Å². The van der Waals surface area contributed by atoms with E-state index in [4.69, 9.17) is 0 Å². The maximum Gasteiger partial charge on any atom is 0.366 e. The zero-order valence-corrected chi connectivity index (χ0v) is 10.9. The normalized spacial score (nSPS) is 15.6. The lowest BCUT2D eigenvalue weighted by Gasteiger charge is -2.05. The molecule has 0 bridgehead atoms. The van der Waals surface area contributed by atoms with Gasteiger partial charge in [-0.05, 0) is 35.8 Å². The molecule has 1 aliphatic rings. The van der Waals surface area contributed by atoms with Gasteiger partial charge in [0.05, 0.1) is 5.39 Å². The Balaban J connectivity index is 2.13. The van der Waals surface area contributed by atoms with Crippen LogP contribution in [0.4, 0.5) is 0 Å². The lowest BCUT2D eigenvalue weighted by molar-refractivity contribution is -0.784. The molecule has 3 aromatic rings. The van der Waals surface area contributed by atoms with Gasteiger partial charge in [-0.25, -0.2) is 0 Å². The third kappa shape index (κ3) is 1.58. The third-order valence-corrected chi connectivity index (χ3v) is 4.43. The van der Waals surface area contributed by atoms with E-state index in [0.29, 0.717) is 5.39 Å². The maximum atomic E-state index is 12.0. The second-order valence-electron chi connectivity index (χ2n) is 4.52. The molecule has 4 rings (SSSR count). The zero-order valence-electron chi connectivity index (χ0n) is 10.1. The van der Waals surface area contributed by atoms with Gasteiger partial charge in [0.15, 0.2) is 0 Å². The molecule has 0 saturated carbocycles. The van der Waals surface area contributed by atoms with Gasteiger partial charge in [-0.15, -0.1) is 4.68 Å². The first-order valence-corrected chi connectivity index (χ1v) is 7.19. The lowest BCUT2D eigenvalue weighted by Crippen LogP contribution is -2.37. The van der Waals surface area contributed by atoms with E-state index in [-0.39, 0.29) is 5.88 Å². The lowest BCUT2D eigenvalue weighted by atomic mass is 10.2. The molecular formula is C12H11N5OS. The summed E-state index contributed by atoms with van der Waals surface area (Å²) in [5.41, 5.74) is 0.737. The molecule has 0 radical (unpaired) electrons. The Morgan fingerprint density at radius 3 is 3.21 bits per heavy atom. The summed E-state index contributed by atoms with van der Waals surface area (Å²) in [6.07, 6.45) is 5.51. The minimum Gasteiger partial charge on any atom is -0.856 e. The Labute approximate surface area is 113 Å². The van der Waals surface area contributed by atoms with Gasteiger partial charge in [-0.3, -0.25) is 4.98 Å². The van der Waals surface area contributed by atoms with Crippen LogP contribution in [0.3, 0.4) is 0 Å². The van der Waals surface area contributed by atoms with Gasteiger partial charge in [0.1, 0.15) is 6.54 Å². The van der Waals surface area contributed by atoms with Gasteiger partial charge in [0, 0.05) is 29.4 Å². The molecule has 1 aliphatic heterocycles. The van der Waals surface area contributed by atoms with Gasteiger partial charge in [-0.2, -0.15) is 0 Å². The number of thioether (sulfide) groups is 1. The summed E-state index contributed by atoms with van der Waals surface area (Å²) < 4.78 is 3.64. The molecule has 0 unspecified atom stereocenters. The molecule has 0 atom stereocenters. The smallest absolute Gasteiger partial charge is 0.366 e. The second-order valence-corrected chi connectivity index (χ2v) is 5.59. The zero-order chi connectivity index (χ0) is 12.8. The Kier molecular flexibility index (Phi) is 2.34. The Morgan fingerprint density at radius 1 is 1.32 bits per heavy atom. The predicted molar refractivity (Wildman–Crippen MR) is 67.9 cm³/mol. The highest BCUT2D eigenvalue weighted by Gasteiger charge is 2.26. The molecule has 0 amide bonds. The first-order valence-electron chi connectivity index (χ1n) is 6.21. The number of hydrogen-bond donors (Lipinski definition) is 0. The highest BCUT2D eigenvalue weighted by atomic mass is 32.2. The Bertz CT molecular complexity index is 784. The van der Waals surface area contributed by atoms with E-state index in [2.05, 4.69) is 15.2 Å². The molecule has 0 N–H and O–H groups in total. The van der Waals surface area contributed by atoms with Crippen LogP contribution in [-0.4, -0.2) is 25.4 Å². The predicted octanol–water partition coefficient (Wildman–Crippen LogP) is 0.524. The van der Waals surface area contributed by atoms with Crippen LogP contribution in [0.25, 0.3) is 16.4 Å². The van der Waals surface area contributed by atoms with Gasteiger partial charge >= 0.3 is 5.16 Å². The van der Waals surface area contributed by atoms with E-state index in [9.17, 15) is 5.11 Å². The van der Waals surface area contributed by atoms with Crippen molar-refractivity contribution in [2.75, 3.05) is 5.75 Å². The van der Waals surface area contributed by atoms with Crippen LogP contribution >= 0.6 is 11.8 Å². The molecule has 4 heterocycles. The van der Waals surface area contributed by atoms with Gasteiger partial charge in [0.2, 0.25) is 0 Å². The molecule has 0 fully saturated rings. The summed E-state index contributed by atoms with van der Waals surface area (Å²) in [5.74, 6) is 0.791. The van der Waals surface area contributed by atoms with Crippen molar-refractivity contribution in [1.29, 1.82) is 0 Å². The van der Waals surface area contributed by atoms with E-state index < -0.39 is 0 Å². The summed E-state index contributed by atoms with van der Waals surface area (Å²) in [4.78, 5) is 3.99. The molecular weight excluding hydrogens is 262 g/mol. The molecule has 0 aromatic carbocycles. The van der Waals surface area contributed by atoms with Crippen LogP contribution in [0.15, 0.2) is 23.6 Å². The van der Waals surface area contributed by atoms with E-state index in [1.807, 2.05) is 10.7 Å². The number of aryl methyl sites for hydroxylation is 1. The number of fused-ring (bicyclic) bond motifs is 5. The highest BCUT2D eigenvalue weighted by Crippen LogP contribution is 2.26. The van der Waals surface area contributed by atoms with Crippen LogP contribution in [0.5, 0.6) is 5.88 Å².